The van der Waals surface area contributed by atoms with E-state index in [1.807, 2.05) is 6.07 Å². The van der Waals surface area contributed by atoms with Gasteiger partial charge in [-0.3, -0.25) is 4.79 Å². The highest BCUT2D eigenvalue weighted by molar-refractivity contribution is 5.69. The summed E-state index contributed by atoms with van der Waals surface area (Å²) in [7, 11) is 0. The number of esters is 1. The first-order valence-corrected chi connectivity index (χ1v) is 6.35. The first-order valence-electron chi connectivity index (χ1n) is 6.35. The maximum Gasteiger partial charge on any atom is 0.306 e. The van der Waals surface area contributed by atoms with Crippen LogP contribution in [0.25, 0.3) is 0 Å². The number of nitrogens with two attached hydrogens (primary N) is 1. The maximum absolute atomic E-state index is 11.4. The minimum absolute atomic E-state index is 0.0784. The van der Waals surface area contributed by atoms with Crippen molar-refractivity contribution in [1.29, 1.82) is 0 Å². The van der Waals surface area contributed by atoms with Crippen LogP contribution in [-0.4, -0.2) is 23.7 Å². The number of fused-ring (bicyclic) bond motifs is 1. The van der Waals surface area contributed by atoms with E-state index in [-0.39, 0.29) is 12.0 Å². The maximum atomic E-state index is 11.4. The van der Waals surface area contributed by atoms with E-state index in [1.54, 1.807) is 13.0 Å². The molecule has 4 nitrogen and oxygen atoms in total. The summed E-state index contributed by atoms with van der Waals surface area (Å²) in [5, 5.41) is 9.79. The fourth-order valence-corrected chi connectivity index (χ4v) is 2.51. The Morgan fingerprint density at radius 1 is 1.44 bits per heavy atom. The Morgan fingerprint density at radius 3 is 2.89 bits per heavy atom. The Morgan fingerprint density at radius 2 is 2.17 bits per heavy atom. The number of ether oxygens (including phenoxy) is 1. The molecule has 1 aliphatic rings. The van der Waals surface area contributed by atoms with Crippen LogP contribution in [0.15, 0.2) is 12.1 Å². The van der Waals surface area contributed by atoms with Crippen molar-refractivity contribution in [2.45, 2.75) is 38.6 Å². The van der Waals surface area contributed by atoms with Crippen molar-refractivity contribution in [1.82, 2.24) is 0 Å². The Hall–Kier alpha value is -1.55. The van der Waals surface area contributed by atoms with Gasteiger partial charge in [0.05, 0.1) is 6.61 Å². The third-order valence-electron chi connectivity index (χ3n) is 3.34. The summed E-state index contributed by atoms with van der Waals surface area (Å²) in [5.41, 5.74) is 9.09. The van der Waals surface area contributed by atoms with Gasteiger partial charge in [0, 0.05) is 12.5 Å². The van der Waals surface area contributed by atoms with Gasteiger partial charge in [-0.1, -0.05) is 6.07 Å². The highest BCUT2D eigenvalue weighted by Crippen LogP contribution is 2.32. The van der Waals surface area contributed by atoms with Crippen LogP contribution in [0.1, 0.15) is 30.0 Å². The van der Waals surface area contributed by atoms with Gasteiger partial charge in [0.15, 0.2) is 0 Å². The van der Waals surface area contributed by atoms with E-state index in [1.165, 1.54) is 0 Å². The van der Waals surface area contributed by atoms with Crippen molar-refractivity contribution in [2.75, 3.05) is 6.61 Å². The topological polar surface area (TPSA) is 72.5 Å². The first-order chi connectivity index (χ1) is 8.61. The van der Waals surface area contributed by atoms with E-state index in [2.05, 4.69) is 0 Å². The molecule has 2 rings (SSSR count). The minimum Gasteiger partial charge on any atom is -0.508 e. The van der Waals surface area contributed by atoms with Gasteiger partial charge in [-0.05, 0) is 48.9 Å². The van der Waals surface area contributed by atoms with E-state index in [0.29, 0.717) is 31.6 Å². The molecule has 1 aliphatic carbocycles. The highest BCUT2D eigenvalue weighted by atomic mass is 16.5. The van der Waals surface area contributed by atoms with Gasteiger partial charge < -0.3 is 15.6 Å². The van der Waals surface area contributed by atoms with Gasteiger partial charge >= 0.3 is 5.97 Å². The average Bonchev–Trinajstić information content (AvgIpc) is 2.71. The van der Waals surface area contributed by atoms with Crippen molar-refractivity contribution in [2.24, 2.45) is 5.73 Å². The summed E-state index contributed by atoms with van der Waals surface area (Å²) < 4.78 is 4.91. The van der Waals surface area contributed by atoms with E-state index in [0.717, 1.165) is 23.1 Å². The standard InChI is InChI=1S/C14H19NO3/c1-2-18-14(17)6-4-9-3-5-13(16)12-8-10(15)7-11(9)12/h3,5,10,16H,2,4,6-8,15H2,1H3. The van der Waals surface area contributed by atoms with Gasteiger partial charge in [-0.15, -0.1) is 0 Å². The molecule has 1 aromatic carbocycles. The van der Waals surface area contributed by atoms with Gasteiger partial charge in [-0.25, -0.2) is 0 Å². The lowest BCUT2D eigenvalue weighted by Gasteiger charge is -2.09. The van der Waals surface area contributed by atoms with Gasteiger partial charge in [0.1, 0.15) is 5.75 Å². The van der Waals surface area contributed by atoms with Crippen LogP contribution in [0.3, 0.4) is 0 Å². The molecule has 0 aromatic heterocycles. The number of phenols is 1. The molecule has 1 atom stereocenters. The molecule has 0 amide bonds. The Labute approximate surface area is 107 Å². The summed E-state index contributed by atoms with van der Waals surface area (Å²) in [6, 6.07) is 3.65. The Bertz CT molecular complexity index is 457. The number of benzene rings is 1. The molecule has 1 unspecified atom stereocenters. The summed E-state index contributed by atoms with van der Waals surface area (Å²) in [4.78, 5) is 11.4. The number of hydrogen-bond acceptors (Lipinski definition) is 4. The molecule has 0 bridgehead atoms. The fraction of sp³-hybridized carbons (Fsp3) is 0.500. The molecule has 0 aliphatic heterocycles. The monoisotopic (exact) mass is 249 g/mol. The molecule has 98 valence electrons. The summed E-state index contributed by atoms with van der Waals surface area (Å²) in [5.74, 6) is 0.138. The van der Waals surface area contributed by atoms with E-state index < -0.39 is 0 Å². The predicted molar refractivity (Wildman–Crippen MR) is 68.4 cm³/mol. The van der Waals surface area contributed by atoms with Gasteiger partial charge in [0.25, 0.3) is 0 Å². The SMILES string of the molecule is CCOC(=O)CCc1ccc(O)c2c1CC(N)C2. The molecule has 4 heteroatoms. The van der Waals surface area contributed by atoms with Crippen molar-refractivity contribution in [3.63, 3.8) is 0 Å². The third-order valence-corrected chi connectivity index (χ3v) is 3.34. The third kappa shape index (κ3) is 2.64. The Balaban J connectivity index is 2.11. The van der Waals surface area contributed by atoms with E-state index >= 15 is 0 Å². The van der Waals surface area contributed by atoms with Crippen LogP contribution in [0, 0.1) is 0 Å². The summed E-state index contributed by atoms with van der Waals surface area (Å²) in [6.45, 7) is 2.21. The summed E-state index contributed by atoms with van der Waals surface area (Å²) in [6.07, 6.45) is 2.52. The lowest BCUT2D eigenvalue weighted by atomic mass is 9.99. The minimum atomic E-state index is -0.179. The van der Waals surface area contributed by atoms with E-state index in [4.69, 9.17) is 10.5 Å². The van der Waals surface area contributed by atoms with Crippen molar-refractivity contribution < 1.29 is 14.6 Å². The zero-order chi connectivity index (χ0) is 13.1. The number of carbonyl (C=O) groups excluding carboxylic acids is 1. The van der Waals surface area contributed by atoms with Crippen LogP contribution >= 0.6 is 0 Å². The molecule has 1 aromatic rings. The number of aromatic hydroxyl groups is 1. The second-order valence-electron chi connectivity index (χ2n) is 4.67. The second-order valence-corrected chi connectivity index (χ2v) is 4.67. The van der Waals surface area contributed by atoms with Gasteiger partial charge in [-0.2, -0.15) is 0 Å². The molecule has 0 radical (unpaired) electrons. The molecule has 18 heavy (non-hydrogen) atoms. The highest BCUT2D eigenvalue weighted by Gasteiger charge is 2.24. The number of hydrogen-bond donors (Lipinski definition) is 2. The quantitative estimate of drug-likeness (QED) is 0.789. The van der Waals surface area contributed by atoms with Crippen LogP contribution in [0.5, 0.6) is 5.75 Å². The summed E-state index contributed by atoms with van der Waals surface area (Å²) >= 11 is 0. The number of carbonyl (C=O) groups is 1. The number of rotatable bonds is 4. The molecule has 0 saturated carbocycles. The zero-order valence-electron chi connectivity index (χ0n) is 10.6. The average molecular weight is 249 g/mol. The van der Waals surface area contributed by atoms with Crippen molar-refractivity contribution in [3.8, 4) is 5.75 Å². The molecular formula is C14H19NO3. The fourth-order valence-electron chi connectivity index (χ4n) is 2.51. The second kappa shape index (κ2) is 5.40. The molecule has 0 heterocycles. The predicted octanol–water partition coefficient (Wildman–Crippen LogP) is 1.31. The van der Waals surface area contributed by atoms with Crippen molar-refractivity contribution >= 4 is 5.97 Å². The lowest BCUT2D eigenvalue weighted by molar-refractivity contribution is -0.143. The molecule has 0 spiro atoms. The van der Waals surface area contributed by atoms with E-state index in [9.17, 15) is 9.90 Å². The largest absolute Gasteiger partial charge is 0.508 e. The first kappa shape index (κ1) is 12.9. The van der Waals surface area contributed by atoms with Crippen LogP contribution in [0.2, 0.25) is 0 Å². The normalized spacial score (nSPS) is 17.6. The molecule has 0 fully saturated rings. The smallest absolute Gasteiger partial charge is 0.306 e. The van der Waals surface area contributed by atoms with Gasteiger partial charge in [0.2, 0.25) is 0 Å². The molecule has 0 saturated heterocycles. The molecule has 3 N–H and O–H groups in total. The van der Waals surface area contributed by atoms with Crippen LogP contribution in [-0.2, 0) is 28.8 Å². The molecular weight excluding hydrogens is 230 g/mol. The number of phenolic OH excluding ortho intramolecular Hbond substituents is 1. The van der Waals surface area contributed by atoms with Crippen LogP contribution < -0.4 is 5.73 Å². The van der Waals surface area contributed by atoms with Crippen LogP contribution in [0.4, 0.5) is 0 Å². The zero-order valence-corrected chi connectivity index (χ0v) is 10.6. The number of aryl methyl sites for hydroxylation is 1. The van der Waals surface area contributed by atoms with Crippen molar-refractivity contribution in [3.05, 3.63) is 28.8 Å². The lowest BCUT2D eigenvalue weighted by Crippen LogP contribution is -2.19. The Kier molecular flexibility index (Phi) is 3.87.